The number of rotatable bonds is 5. The summed E-state index contributed by atoms with van der Waals surface area (Å²) in [5.41, 5.74) is 1.25. The van der Waals surface area contributed by atoms with Gasteiger partial charge < -0.3 is 5.32 Å². The van der Waals surface area contributed by atoms with Gasteiger partial charge in [0.2, 0.25) is 5.91 Å². The standard InChI is InChI=1S/C12H17NOS/c1-10(9-13-12(14)7-8-15)11-5-3-2-4-6-11/h2-6,10,15H,7-9H2,1H3,(H,13,14). The van der Waals surface area contributed by atoms with Crippen LogP contribution >= 0.6 is 12.6 Å². The normalized spacial score (nSPS) is 12.1. The second-order valence-corrected chi connectivity index (χ2v) is 4.04. The molecule has 0 aliphatic rings. The van der Waals surface area contributed by atoms with Crippen molar-refractivity contribution >= 4 is 18.5 Å². The highest BCUT2D eigenvalue weighted by Gasteiger charge is 2.06. The van der Waals surface area contributed by atoms with E-state index in [0.29, 0.717) is 24.6 Å². The average molecular weight is 223 g/mol. The van der Waals surface area contributed by atoms with E-state index in [1.165, 1.54) is 5.56 Å². The van der Waals surface area contributed by atoms with Gasteiger partial charge in [-0.15, -0.1) is 0 Å². The maximum atomic E-state index is 11.2. The molecule has 1 atom stereocenters. The third-order valence-electron chi connectivity index (χ3n) is 2.31. The summed E-state index contributed by atoms with van der Waals surface area (Å²) in [6.07, 6.45) is 0.491. The molecule has 3 heteroatoms. The van der Waals surface area contributed by atoms with Crippen LogP contribution in [0.3, 0.4) is 0 Å². The average Bonchev–Trinajstić information content (AvgIpc) is 2.27. The maximum absolute atomic E-state index is 11.2. The van der Waals surface area contributed by atoms with Crippen LogP contribution in [-0.4, -0.2) is 18.2 Å². The van der Waals surface area contributed by atoms with E-state index in [0.717, 1.165) is 0 Å². The Balaban J connectivity index is 2.37. The van der Waals surface area contributed by atoms with Gasteiger partial charge in [-0.3, -0.25) is 4.79 Å². The van der Waals surface area contributed by atoms with Crippen LogP contribution in [0.2, 0.25) is 0 Å². The molecule has 15 heavy (non-hydrogen) atoms. The van der Waals surface area contributed by atoms with Crippen LogP contribution in [0.1, 0.15) is 24.8 Å². The van der Waals surface area contributed by atoms with Crippen molar-refractivity contribution in [2.24, 2.45) is 0 Å². The number of carbonyl (C=O) groups excluding carboxylic acids is 1. The molecule has 0 fully saturated rings. The van der Waals surface area contributed by atoms with E-state index in [2.05, 4.69) is 37.0 Å². The highest BCUT2D eigenvalue weighted by molar-refractivity contribution is 7.80. The van der Waals surface area contributed by atoms with Gasteiger partial charge in [0.05, 0.1) is 0 Å². The molecule has 0 spiro atoms. The lowest BCUT2D eigenvalue weighted by Gasteiger charge is -2.12. The topological polar surface area (TPSA) is 29.1 Å². The molecule has 1 amide bonds. The van der Waals surface area contributed by atoms with Gasteiger partial charge in [0.25, 0.3) is 0 Å². The van der Waals surface area contributed by atoms with Gasteiger partial charge in [0.1, 0.15) is 0 Å². The molecule has 1 rings (SSSR count). The van der Waals surface area contributed by atoms with E-state index < -0.39 is 0 Å². The number of amides is 1. The summed E-state index contributed by atoms with van der Waals surface area (Å²) in [6, 6.07) is 10.2. The first-order chi connectivity index (χ1) is 7.24. The Bertz CT molecular complexity index is 300. The molecule has 2 nitrogen and oxygen atoms in total. The fourth-order valence-corrected chi connectivity index (χ4v) is 1.56. The summed E-state index contributed by atoms with van der Waals surface area (Å²) >= 11 is 4.01. The highest BCUT2D eigenvalue weighted by Crippen LogP contribution is 2.12. The highest BCUT2D eigenvalue weighted by atomic mass is 32.1. The van der Waals surface area contributed by atoms with Crippen molar-refractivity contribution in [3.8, 4) is 0 Å². The molecule has 1 aromatic rings. The number of hydrogen-bond acceptors (Lipinski definition) is 2. The molecule has 0 saturated carbocycles. The Morgan fingerprint density at radius 2 is 2.07 bits per heavy atom. The van der Waals surface area contributed by atoms with Gasteiger partial charge in [-0.05, 0) is 17.2 Å². The molecule has 0 aromatic heterocycles. The molecule has 1 unspecified atom stereocenters. The molecular weight excluding hydrogens is 206 g/mol. The molecule has 0 heterocycles. The third-order valence-corrected chi connectivity index (χ3v) is 2.54. The van der Waals surface area contributed by atoms with E-state index in [-0.39, 0.29) is 5.91 Å². The minimum Gasteiger partial charge on any atom is -0.355 e. The van der Waals surface area contributed by atoms with Crippen LogP contribution in [0.15, 0.2) is 30.3 Å². The third kappa shape index (κ3) is 4.38. The van der Waals surface area contributed by atoms with E-state index in [9.17, 15) is 4.79 Å². The smallest absolute Gasteiger partial charge is 0.220 e. The summed E-state index contributed by atoms with van der Waals surface area (Å²) in [5, 5.41) is 2.89. The van der Waals surface area contributed by atoms with E-state index in [4.69, 9.17) is 0 Å². The molecular formula is C12H17NOS. The number of carbonyl (C=O) groups is 1. The minimum absolute atomic E-state index is 0.0766. The van der Waals surface area contributed by atoms with Gasteiger partial charge in [-0.25, -0.2) is 0 Å². The first kappa shape index (κ1) is 12.1. The van der Waals surface area contributed by atoms with Crippen LogP contribution in [0.4, 0.5) is 0 Å². The predicted molar refractivity (Wildman–Crippen MR) is 66.3 cm³/mol. The zero-order chi connectivity index (χ0) is 11.1. The van der Waals surface area contributed by atoms with Crippen molar-refractivity contribution in [2.75, 3.05) is 12.3 Å². The van der Waals surface area contributed by atoms with Crippen molar-refractivity contribution in [1.29, 1.82) is 0 Å². The fraction of sp³-hybridized carbons (Fsp3) is 0.417. The van der Waals surface area contributed by atoms with Crippen molar-refractivity contribution < 1.29 is 4.79 Å². The monoisotopic (exact) mass is 223 g/mol. The number of thiol groups is 1. The van der Waals surface area contributed by atoms with E-state index in [1.807, 2.05) is 18.2 Å². The van der Waals surface area contributed by atoms with Crippen molar-refractivity contribution in [3.05, 3.63) is 35.9 Å². The maximum Gasteiger partial charge on any atom is 0.220 e. The second kappa shape index (κ2) is 6.51. The Morgan fingerprint density at radius 1 is 1.40 bits per heavy atom. The molecule has 0 saturated heterocycles. The van der Waals surface area contributed by atoms with Crippen LogP contribution in [-0.2, 0) is 4.79 Å². The Hall–Kier alpha value is -0.960. The molecule has 1 N–H and O–H groups in total. The zero-order valence-electron chi connectivity index (χ0n) is 8.94. The number of benzene rings is 1. The van der Waals surface area contributed by atoms with E-state index in [1.54, 1.807) is 0 Å². The van der Waals surface area contributed by atoms with Crippen molar-refractivity contribution in [2.45, 2.75) is 19.3 Å². The van der Waals surface area contributed by atoms with Gasteiger partial charge in [0, 0.05) is 13.0 Å². The summed E-state index contributed by atoms with van der Waals surface area (Å²) < 4.78 is 0. The molecule has 0 aliphatic heterocycles. The largest absolute Gasteiger partial charge is 0.355 e. The van der Waals surface area contributed by atoms with Crippen molar-refractivity contribution in [1.82, 2.24) is 5.32 Å². The van der Waals surface area contributed by atoms with Gasteiger partial charge >= 0.3 is 0 Å². The lowest BCUT2D eigenvalue weighted by atomic mass is 10.0. The number of hydrogen-bond donors (Lipinski definition) is 2. The predicted octanol–water partition coefficient (Wildman–Crippen LogP) is 2.23. The summed E-state index contributed by atoms with van der Waals surface area (Å²) in [5.74, 6) is 1.04. The van der Waals surface area contributed by atoms with Crippen molar-refractivity contribution in [3.63, 3.8) is 0 Å². The van der Waals surface area contributed by atoms with Crippen LogP contribution < -0.4 is 5.32 Å². The molecule has 1 aromatic carbocycles. The number of nitrogens with one attached hydrogen (secondary N) is 1. The zero-order valence-corrected chi connectivity index (χ0v) is 9.84. The quantitative estimate of drug-likeness (QED) is 0.736. The Morgan fingerprint density at radius 3 is 2.67 bits per heavy atom. The lowest BCUT2D eigenvalue weighted by molar-refractivity contribution is -0.120. The second-order valence-electron chi connectivity index (χ2n) is 3.59. The molecule has 0 aliphatic carbocycles. The van der Waals surface area contributed by atoms with Crippen LogP contribution in [0.5, 0.6) is 0 Å². The SMILES string of the molecule is CC(CNC(=O)CCS)c1ccccc1. The van der Waals surface area contributed by atoms with Crippen LogP contribution in [0.25, 0.3) is 0 Å². The Kier molecular flexibility index (Phi) is 5.26. The van der Waals surface area contributed by atoms with Crippen LogP contribution in [0, 0.1) is 0 Å². The first-order valence-corrected chi connectivity index (χ1v) is 5.79. The fourth-order valence-electron chi connectivity index (χ4n) is 1.36. The summed E-state index contributed by atoms with van der Waals surface area (Å²) in [4.78, 5) is 11.2. The minimum atomic E-state index is 0.0766. The lowest BCUT2D eigenvalue weighted by Crippen LogP contribution is -2.27. The Labute approximate surface area is 96.5 Å². The van der Waals surface area contributed by atoms with E-state index >= 15 is 0 Å². The van der Waals surface area contributed by atoms with Gasteiger partial charge in [-0.1, -0.05) is 37.3 Å². The molecule has 0 radical (unpaired) electrons. The van der Waals surface area contributed by atoms with Gasteiger partial charge in [-0.2, -0.15) is 12.6 Å². The molecule has 0 bridgehead atoms. The first-order valence-electron chi connectivity index (χ1n) is 5.16. The molecule has 82 valence electrons. The summed E-state index contributed by atoms with van der Waals surface area (Å²) in [6.45, 7) is 2.80. The van der Waals surface area contributed by atoms with Gasteiger partial charge in [0.15, 0.2) is 0 Å². The summed E-state index contributed by atoms with van der Waals surface area (Å²) in [7, 11) is 0.